The van der Waals surface area contributed by atoms with Crippen molar-refractivity contribution in [3.63, 3.8) is 0 Å². The molecule has 0 spiro atoms. The van der Waals surface area contributed by atoms with Gasteiger partial charge in [0.1, 0.15) is 6.54 Å². The van der Waals surface area contributed by atoms with Crippen molar-refractivity contribution in [1.82, 2.24) is 0 Å². The van der Waals surface area contributed by atoms with Gasteiger partial charge in [-0.25, -0.2) is 0 Å². The fourth-order valence-corrected chi connectivity index (χ4v) is 1.16. The highest BCUT2D eigenvalue weighted by Gasteiger charge is 2.26. The predicted octanol–water partition coefficient (Wildman–Crippen LogP) is 1.37. The molecule has 0 atom stereocenters. The van der Waals surface area contributed by atoms with Crippen LogP contribution in [0.1, 0.15) is 0 Å². The van der Waals surface area contributed by atoms with E-state index < -0.39 is 24.8 Å². The monoisotopic (exact) mass is 229 g/mol. The van der Waals surface area contributed by atoms with Crippen molar-refractivity contribution in [2.24, 2.45) is 0 Å². The Bertz CT molecular complexity index is 381. The molecule has 0 radical (unpaired) electrons. The van der Waals surface area contributed by atoms with E-state index in [1.807, 2.05) is 0 Å². The summed E-state index contributed by atoms with van der Waals surface area (Å²) in [7, 11) is 0. The zero-order valence-electron chi connectivity index (χ0n) is 8.14. The number of amides is 1. The Morgan fingerprint density at radius 1 is 1.25 bits per heavy atom. The van der Waals surface area contributed by atoms with Crippen LogP contribution in [0.15, 0.2) is 30.3 Å². The van der Waals surface area contributed by atoms with E-state index in [1.54, 1.807) is 6.07 Å². The number of carbonyl (C=O) groups excluding carboxylic acids is 1. The maximum atomic E-state index is 12.2. The van der Waals surface area contributed by atoms with Crippen LogP contribution in [0.3, 0.4) is 0 Å². The summed E-state index contributed by atoms with van der Waals surface area (Å²) in [5.41, 5.74) is 0.134. The highest BCUT2D eigenvalue weighted by molar-refractivity contribution is 5.99. The Morgan fingerprint density at radius 2 is 1.81 bits per heavy atom. The van der Waals surface area contributed by atoms with Gasteiger partial charge in [0.15, 0.2) is 0 Å². The zero-order valence-corrected chi connectivity index (χ0v) is 8.14. The van der Waals surface area contributed by atoms with E-state index in [1.165, 1.54) is 24.3 Å². The molecule has 0 heterocycles. The van der Waals surface area contributed by atoms with E-state index in [4.69, 9.17) is 5.11 Å². The smallest absolute Gasteiger partial charge is 0.323 e. The van der Waals surface area contributed by atoms with Crippen LogP contribution < -0.4 is 4.90 Å². The summed E-state index contributed by atoms with van der Waals surface area (Å²) in [5, 5.41) is 8.54. The lowest BCUT2D eigenvalue weighted by molar-refractivity contribution is -0.138. The average Bonchev–Trinajstić information content (AvgIpc) is 2.26. The molecule has 0 aliphatic rings. The molecular weight excluding hydrogens is 220 g/mol. The van der Waals surface area contributed by atoms with E-state index in [-0.39, 0.29) is 5.69 Å². The van der Waals surface area contributed by atoms with Gasteiger partial charge in [0.25, 0.3) is 5.91 Å². The molecule has 86 valence electrons. The van der Waals surface area contributed by atoms with Gasteiger partial charge in [-0.1, -0.05) is 18.2 Å². The number of nitrogens with zero attached hydrogens (tertiary/aromatic N) is 1. The van der Waals surface area contributed by atoms with Crippen LogP contribution in [0, 0.1) is 0 Å². The van der Waals surface area contributed by atoms with Crippen LogP contribution in [0.25, 0.3) is 0 Å². The van der Waals surface area contributed by atoms with Crippen molar-refractivity contribution < 1.29 is 23.5 Å². The summed E-state index contributed by atoms with van der Waals surface area (Å²) in [6, 6.07) is 7.48. The van der Waals surface area contributed by atoms with E-state index in [0.717, 1.165) is 0 Å². The first-order valence-corrected chi connectivity index (χ1v) is 4.38. The molecule has 1 N–H and O–H groups in total. The fraction of sp³-hybridized carbons (Fsp3) is 0.200. The van der Waals surface area contributed by atoms with E-state index >= 15 is 0 Å². The minimum atomic E-state index is -3.22. The molecule has 0 fully saturated rings. The lowest BCUT2D eigenvalue weighted by Crippen LogP contribution is -2.39. The molecule has 1 rings (SSSR count). The van der Waals surface area contributed by atoms with Crippen LogP contribution in [0.4, 0.5) is 14.5 Å². The molecular formula is C10H9F2NO3. The number of carboxylic acid groups (broad SMARTS) is 1. The van der Waals surface area contributed by atoms with Gasteiger partial charge in [-0.2, -0.15) is 8.78 Å². The molecule has 0 saturated heterocycles. The van der Waals surface area contributed by atoms with Crippen molar-refractivity contribution in [1.29, 1.82) is 0 Å². The minimum Gasteiger partial charge on any atom is -0.480 e. The van der Waals surface area contributed by atoms with E-state index in [0.29, 0.717) is 4.90 Å². The molecule has 0 aromatic heterocycles. The van der Waals surface area contributed by atoms with Crippen LogP contribution in [-0.2, 0) is 9.59 Å². The van der Waals surface area contributed by atoms with Gasteiger partial charge in [-0.3, -0.25) is 14.5 Å². The number of carboxylic acids is 1. The first kappa shape index (κ1) is 12.1. The summed E-state index contributed by atoms with van der Waals surface area (Å²) in [5.74, 6) is -2.87. The van der Waals surface area contributed by atoms with Gasteiger partial charge in [0.2, 0.25) is 0 Å². The van der Waals surface area contributed by atoms with Crippen molar-refractivity contribution in [3.8, 4) is 0 Å². The maximum absolute atomic E-state index is 12.2. The maximum Gasteiger partial charge on any atom is 0.323 e. The van der Waals surface area contributed by atoms with Gasteiger partial charge in [-0.15, -0.1) is 0 Å². The molecule has 1 aromatic rings. The van der Waals surface area contributed by atoms with Crippen LogP contribution in [-0.4, -0.2) is 30.0 Å². The molecule has 0 unspecified atom stereocenters. The van der Waals surface area contributed by atoms with Crippen molar-refractivity contribution in [3.05, 3.63) is 30.3 Å². The van der Waals surface area contributed by atoms with Crippen LogP contribution in [0.5, 0.6) is 0 Å². The standard InChI is InChI=1S/C10H9F2NO3/c11-9(12)10(16)13(6-8(14)15)7-4-2-1-3-5-7/h1-5,9H,6H2,(H,14,15). The summed E-state index contributed by atoms with van der Waals surface area (Å²) in [4.78, 5) is 22.1. The number of rotatable bonds is 4. The second kappa shape index (κ2) is 5.20. The molecule has 0 aliphatic heterocycles. The van der Waals surface area contributed by atoms with Crippen molar-refractivity contribution in [2.75, 3.05) is 11.4 Å². The third-order valence-electron chi connectivity index (χ3n) is 1.81. The van der Waals surface area contributed by atoms with Gasteiger partial charge >= 0.3 is 12.4 Å². The number of carbonyl (C=O) groups is 2. The first-order valence-electron chi connectivity index (χ1n) is 4.38. The van der Waals surface area contributed by atoms with Crippen LogP contribution in [0.2, 0.25) is 0 Å². The molecule has 0 saturated carbocycles. The Balaban J connectivity index is 2.96. The third kappa shape index (κ3) is 3.01. The minimum absolute atomic E-state index is 0.134. The second-order valence-corrected chi connectivity index (χ2v) is 2.95. The summed E-state index contributed by atoms with van der Waals surface area (Å²) in [6.45, 7) is -0.785. The number of halogens is 2. The summed E-state index contributed by atoms with van der Waals surface area (Å²) >= 11 is 0. The number of hydrogen-bond acceptors (Lipinski definition) is 2. The number of alkyl halides is 2. The largest absolute Gasteiger partial charge is 0.480 e. The molecule has 1 aromatic carbocycles. The molecule has 16 heavy (non-hydrogen) atoms. The number of hydrogen-bond donors (Lipinski definition) is 1. The topological polar surface area (TPSA) is 57.6 Å². The van der Waals surface area contributed by atoms with Gasteiger partial charge in [0, 0.05) is 5.69 Å². The molecule has 1 amide bonds. The lowest BCUT2D eigenvalue weighted by Gasteiger charge is -2.20. The van der Waals surface area contributed by atoms with Gasteiger partial charge < -0.3 is 5.11 Å². The first-order chi connectivity index (χ1) is 7.52. The second-order valence-electron chi connectivity index (χ2n) is 2.95. The van der Waals surface area contributed by atoms with Crippen molar-refractivity contribution >= 4 is 17.6 Å². The summed E-state index contributed by atoms with van der Waals surface area (Å²) in [6.07, 6.45) is -3.22. The zero-order chi connectivity index (χ0) is 12.1. The third-order valence-corrected chi connectivity index (χ3v) is 1.81. The SMILES string of the molecule is O=C(O)CN(C(=O)C(F)F)c1ccccc1. The van der Waals surface area contributed by atoms with E-state index in [9.17, 15) is 18.4 Å². The molecule has 0 bridgehead atoms. The lowest BCUT2D eigenvalue weighted by atomic mass is 10.3. The number of benzene rings is 1. The Kier molecular flexibility index (Phi) is 3.93. The Hall–Kier alpha value is -1.98. The number of anilines is 1. The van der Waals surface area contributed by atoms with Gasteiger partial charge in [0.05, 0.1) is 0 Å². The highest BCUT2D eigenvalue weighted by atomic mass is 19.3. The molecule has 0 aliphatic carbocycles. The van der Waals surface area contributed by atoms with Crippen molar-refractivity contribution in [2.45, 2.75) is 6.43 Å². The number of aliphatic carboxylic acids is 1. The number of para-hydroxylation sites is 1. The fourth-order valence-electron chi connectivity index (χ4n) is 1.16. The Morgan fingerprint density at radius 3 is 2.25 bits per heavy atom. The van der Waals surface area contributed by atoms with E-state index in [2.05, 4.69) is 0 Å². The Labute approximate surface area is 90.1 Å². The van der Waals surface area contributed by atoms with Crippen LogP contribution >= 0.6 is 0 Å². The molecule has 4 nitrogen and oxygen atoms in total. The average molecular weight is 229 g/mol. The summed E-state index contributed by atoms with van der Waals surface area (Å²) < 4.78 is 24.5. The normalized spacial score (nSPS) is 10.2. The van der Waals surface area contributed by atoms with Gasteiger partial charge in [-0.05, 0) is 12.1 Å². The predicted molar refractivity (Wildman–Crippen MR) is 52.4 cm³/mol. The highest BCUT2D eigenvalue weighted by Crippen LogP contribution is 2.15. The molecule has 6 heteroatoms. The quantitative estimate of drug-likeness (QED) is 0.848.